The Hall–Kier alpha value is -4.10. The van der Waals surface area contributed by atoms with E-state index in [0.717, 1.165) is 52.5 Å². The lowest BCUT2D eigenvalue weighted by Crippen LogP contribution is -2.42. The van der Waals surface area contributed by atoms with E-state index in [-0.39, 0.29) is 24.2 Å². The fourth-order valence-electron chi connectivity index (χ4n) is 4.84. The number of imidazole rings is 1. The molecule has 1 heterocycles. The number of H-pyrrole nitrogens is 1. The van der Waals surface area contributed by atoms with E-state index in [1.165, 1.54) is 25.7 Å². The number of carbonyl (C=O) groups excluding carboxylic acids is 1. The van der Waals surface area contributed by atoms with Crippen LogP contribution in [0.3, 0.4) is 0 Å². The summed E-state index contributed by atoms with van der Waals surface area (Å²) in [4.78, 5) is 32.7. The van der Waals surface area contributed by atoms with Gasteiger partial charge in [0.2, 0.25) is 0 Å². The molecule has 0 fully saturated rings. The first-order valence-corrected chi connectivity index (χ1v) is 15.2. The van der Waals surface area contributed by atoms with E-state index in [4.69, 9.17) is 4.74 Å². The Balaban J connectivity index is 0.00000529. The molecule has 0 saturated heterocycles. The number of carboxylic acids is 1. The van der Waals surface area contributed by atoms with Gasteiger partial charge in [-0.3, -0.25) is 4.79 Å². The molecule has 0 saturated carbocycles. The molecule has 234 valence electrons. The zero-order valence-electron chi connectivity index (χ0n) is 26.1. The van der Waals surface area contributed by atoms with Crippen molar-refractivity contribution in [3.8, 4) is 28.4 Å². The van der Waals surface area contributed by atoms with Crippen LogP contribution in [0.2, 0.25) is 0 Å². The lowest BCUT2D eigenvalue weighted by atomic mass is 9.86. The van der Waals surface area contributed by atoms with Gasteiger partial charge in [-0.25, -0.2) is 9.78 Å². The first kappa shape index (κ1) is 34.4. The van der Waals surface area contributed by atoms with E-state index >= 15 is 0 Å². The molecule has 0 aliphatic rings. The quantitative estimate of drug-likeness (QED) is 0.124. The molecule has 0 radical (unpaired) electrons. The summed E-state index contributed by atoms with van der Waals surface area (Å²) in [5.41, 5.74) is 5.10. The van der Waals surface area contributed by atoms with Crippen LogP contribution >= 0.6 is 12.4 Å². The van der Waals surface area contributed by atoms with E-state index in [1.807, 2.05) is 60.7 Å². The zero-order chi connectivity index (χ0) is 30.8. The highest BCUT2D eigenvalue weighted by Gasteiger charge is 2.22. The third-order valence-electron chi connectivity index (χ3n) is 7.54. The van der Waals surface area contributed by atoms with Crippen molar-refractivity contribution in [2.45, 2.75) is 77.7 Å². The van der Waals surface area contributed by atoms with Gasteiger partial charge in [-0.1, -0.05) is 89.8 Å². The predicted octanol–water partition coefficient (Wildman–Crippen LogP) is 8.24. The number of aliphatic carboxylic acids is 1. The number of aromatic nitrogens is 2. The maximum Gasteiger partial charge on any atom is 0.326 e. The normalized spacial score (nSPS) is 11.8. The molecular formula is C36H44ClN3O4. The van der Waals surface area contributed by atoms with Crippen LogP contribution in [0.1, 0.15) is 81.3 Å². The van der Waals surface area contributed by atoms with Gasteiger partial charge in [0.15, 0.2) is 0 Å². The van der Waals surface area contributed by atoms with Crippen LogP contribution in [0.5, 0.6) is 5.75 Å². The summed E-state index contributed by atoms with van der Waals surface area (Å²) < 4.78 is 5.88. The monoisotopic (exact) mass is 617 g/mol. The van der Waals surface area contributed by atoms with Gasteiger partial charge in [0, 0.05) is 17.5 Å². The lowest BCUT2D eigenvalue weighted by molar-refractivity contribution is -0.139. The molecule has 0 bridgehead atoms. The summed E-state index contributed by atoms with van der Waals surface area (Å²) in [6.07, 6.45) is 8.03. The minimum absolute atomic E-state index is 0. The van der Waals surface area contributed by atoms with Gasteiger partial charge in [-0.15, -0.1) is 12.4 Å². The molecule has 44 heavy (non-hydrogen) atoms. The number of carbonyl (C=O) groups is 2. The number of ether oxygens (including phenoxy) is 1. The minimum atomic E-state index is -1.08. The van der Waals surface area contributed by atoms with Gasteiger partial charge < -0.3 is 20.1 Å². The van der Waals surface area contributed by atoms with E-state index in [0.29, 0.717) is 5.56 Å². The molecule has 7 nitrogen and oxygen atoms in total. The fraction of sp³-hybridized carbons (Fsp3) is 0.361. The maximum atomic E-state index is 12.8. The van der Waals surface area contributed by atoms with Crippen molar-refractivity contribution in [1.82, 2.24) is 15.3 Å². The third-order valence-corrected chi connectivity index (χ3v) is 7.54. The molecular weight excluding hydrogens is 574 g/mol. The maximum absolute atomic E-state index is 12.8. The van der Waals surface area contributed by atoms with Crippen molar-refractivity contribution in [2.24, 2.45) is 0 Å². The molecule has 0 aliphatic carbocycles. The molecule has 3 aromatic carbocycles. The van der Waals surface area contributed by atoms with Crippen LogP contribution in [0.25, 0.3) is 22.6 Å². The Morgan fingerprint density at radius 2 is 1.52 bits per heavy atom. The summed E-state index contributed by atoms with van der Waals surface area (Å²) in [5, 5.41) is 12.5. The SMILES string of the molecule is CCCCCCCOc1ccc(-c2cnc(-c3ccc(C[C@H](NC(=O)c4ccc(C(C)(C)C)cc4)C(=O)O)cc3)[nH]2)cc1.Cl. The number of nitrogens with zero attached hydrogens (tertiary/aromatic N) is 1. The van der Waals surface area contributed by atoms with Crippen LogP contribution in [0, 0.1) is 0 Å². The number of benzene rings is 3. The van der Waals surface area contributed by atoms with Gasteiger partial charge in [0.25, 0.3) is 5.91 Å². The fourth-order valence-corrected chi connectivity index (χ4v) is 4.84. The van der Waals surface area contributed by atoms with Crippen molar-refractivity contribution >= 4 is 24.3 Å². The molecule has 4 aromatic rings. The second kappa shape index (κ2) is 16.1. The van der Waals surface area contributed by atoms with Crippen LogP contribution in [-0.2, 0) is 16.6 Å². The number of carboxylic acid groups (broad SMARTS) is 1. The molecule has 1 aromatic heterocycles. The first-order chi connectivity index (χ1) is 20.6. The Bertz CT molecular complexity index is 1470. The lowest BCUT2D eigenvalue weighted by Gasteiger charge is -2.19. The van der Waals surface area contributed by atoms with E-state index < -0.39 is 17.9 Å². The summed E-state index contributed by atoms with van der Waals surface area (Å²) in [6.45, 7) is 9.26. The standard InChI is InChI=1S/C36H43N3O4.ClH/c1-5-6-7-8-9-22-43-30-20-16-26(17-21-30)32-24-37-33(38-32)27-12-10-25(11-13-27)23-31(35(41)42)39-34(40)28-14-18-29(19-15-28)36(2,3)4;/h10-21,24,31H,5-9,22-23H2,1-4H3,(H,37,38)(H,39,40)(H,41,42);1H/t31-;/m0./s1. The van der Waals surface area contributed by atoms with Crippen LogP contribution in [0.4, 0.5) is 0 Å². The van der Waals surface area contributed by atoms with Crippen molar-refractivity contribution in [2.75, 3.05) is 6.61 Å². The average Bonchev–Trinajstić information content (AvgIpc) is 3.49. The highest BCUT2D eigenvalue weighted by molar-refractivity contribution is 5.96. The second-order valence-electron chi connectivity index (χ2n) is 12.0. The van der Waals surface area contributed by atoms with E-state index in [1.54, 1.807) is 18.3 Å². The number of amides is 1. The Morgan fingerprint density at radius 1 is 0.886 bits per heavy atom. The highest BCUT2D eigenvalue weighted by Crippen LogP contribution is 2.25. The molecule has 8 heteroatoms. The molecule has 1 atom stereocenters. The number of unbranched alkanes of at least 4 members (excludes halogenated alkanes) is 4. The molecule has 0 unspecified atom stereocenters. The number of halogens is 1. The van der Waals surface area contributed by atoms with Crippen molar-refractivity contribution < 1.29 is 19.4 Å². The minimum Gasteiger partial charge on any atom is -0.494 e. The number of nitrogens with one attached hydrogen (secondary N) is 2. The summed E-state index contributed by atoms with van der Waals surface area (Å²) in [7, 11) is 0. The largest absolute Gasteiger partial charge is 0.494 e. The smallest absolute Gasteiger partial charge is 0.326 e. The topological polar surface area (TPSA) is 104 Å². The zero-order valence-corrected chi connectivity index (χ0v) is 26.9. The Morgan fingerprint density at radius 3 is 2.14 bits per heavy atom. The highest BCUT2D eigenvalue weighted by atomic mass is 35.5. The van der Waals surface area contributed by atoms with Gasteiger partial charge in [0.05, 0.1) is 18.5 Å². The number of hydrogen-bond acceptors (Lipinski definition) is 4. The van der Waals surface area contributed by atoms with Gasteiger partial charge in [-0.2, -0.15) is 0 Å². The van der Waals surface area contributed by atoms with Gasteiger partial charge in [-0.05, 0) is 64.9 Å². The van der Waals surface area contributed by atoms with Crippen molar-refractivity contribution in [3.05, 3.63) is 95.7 Å². The van der Waals surface area contributed by atoms with Crippen molar-refractivity contribution in [1.29, 1.82) is 0 Å². The van der Waals surface area contributed by atoms with E-state index in [2.05, 4.69) is 43.0 Å². The first-order valence-electron chi connectivity index (χ1n) is 15.2. The number of rotatable bonds is 14. The Labute approximate surface area is 266 Å². The molecule has 4 rings (SSSR count). The van der Waals surface area contributed by atoms with Crippen molar-refractivity contribution in [3.63, 3.8) is 0 Å². The summed E-state index contributed by atoms with van der Waals surface area (Å²) >= 11 is 0. The average molecular weight is 618 g/mol. The summed E-state index contributed by atoms with van der Waals surface area (Å²) in [5.74, 6) is 0.0945. The molecule has 0 aliphatic heterocycles. The van der Waals surface area contributed by atoms with Gasteiger partial charge in [0.1, 0.15) is 17.6 Å². The number of aromatic amines is 1. The second-order valence-corrected chi connectivity index (χ2v) is 12.0. The molecule has 1 amide bonds. The van der Waals surface area contributed by atoms with E-state index in [9.17, 15) is 14.7 Å². The summed E-state index contributed by atoms with van der Waals surface area (Å²) in [6, 6.07) is 21.8. The number of hydrogen-bond donors (Lipinski definition) is 3. The molecule has 3 N–H and O–H groups in total. The van der Waals surface area contributed by atoms with Gasteiger partial charge >= 0.3 is 5.97 Å². The predicted molar refractivity (Wildman–Crippen MR) is 179 cm³/mol. The van der Waals surface area contributed by atoms with Crippen LogP contribution < -0.4 is 10.1 Å². The van der Waals surface area contributed by atoms with Crippen LogP contribution in [-0.4, -0.2) is 39.6 Å². The molecule has 0 spiro atoms. The van der Waals surface area contributed by atoms with Crippen LogP contribution in [0.15, 0.2) is 79.0 Å². The Kier molecular flexibility index (Phi) is 12.6. The third kappa shape index (κ3) is 9.71.